The van der Waals surface area contributed by atoms with Crippen LogP contribution in [0.1, 0.15) is 15.9 Å². The van der Waals surface area contributed by atoms with E-state index in [0.29, 0.717) is 22.2 Å². The molecule has 0 aliphatic rings. The minimum atomic E-state index is -3.83. The fourth-order valence-electron chi connectivity index (χ4n) is 2.62. The van der Waals surface area contributed by atoms with E-state index in [1.807, 2.05) is 6.92 Å². The molecule has 2 aromatic carbocycles. The van der Waals surface area contributed by atoms with Crippen LogP contribution in [0.3, 0.4) is 0 Å². The second kappa shape index (κ2) is 6.65. The number of fused-ring (bicyclic) bond motifs is 1. The number of alkyl halides is 1. The van der Waals surface area contributed by atoms with Crippen molar-refractivity contribution < 1.29 is 17.9 Å². The van der Waals surface area contributed by atoms with Gasteiger partial charge in [-0.25, -0.2) is 12.4 Å². The van der Waals surface area contributed by atoms with E-state index in [1.54, 1.807) is 42.5 Å². The molecule has 7 heteroatoms. The molecule has 0 bridgehead atoms. The number of aryl methyl sites for hydroxylation is 1. The number of carbonyl (C=O) groups is 1. The van der Waals surface area contributed by atoms with Gasteiger partial charge in [-0.05, 0) is 31.2 Å². The summed E-state index contributed by atoms with van der Waals surface area (Å²) in [7, 11) is -2.33. The van der Waals surface area contributed by atoms with Crippen LogP contribution in [0.4, 0.5) is 0 Å². The lowest BCUT2D eigenvalue weighted by atomic mass is 10.1. The summed E-state index contributed by atoms with van der Waals surface area (Å²) in [5.74, 6) is 0.330. The molecule has 0 atom stereocenters. The zero-order valence-electron chi connectivity index (χ0n) is 13.7. The van der Waals surface area contributed by atoms with E-state index >= 15 is 0 Å². The van der Waals surface area contributed by atoms with Gasteiger partial charge < -0.3 is 4.74 Å². The minimum absolute atomic E-state index is 0.114. The number of aromatic nitrogens is 1. The van der Waals surface area contributed by atoms with Crippen molar-refractivity contribution in [2.45, 2.75) is 11.8 Å². The van der Waals surface area contributed by atoms with E-state index in [1.165, 1.54) is 13.3 Å². The van der Waals surface area contributed by atoms with E-state index in [2.05, 4.69) is 15.9 Å². The Hall–Kier alpha value is -2.12. The van der Waals surface area contributed by atoms with Crippen molar-refractivity contribution in [1.29, 1.82) is 0 Å². The molecule has 0 unspecified atom stereocenters. The number of nitrogens with zero attached hydrogens (tertiary/aromatic N) is 1. The van der Waals surface area contributed by atoms with Crippen LogP contribution in [0.2, 0.25) is 0 Å². The quantitative estimate of drug-likeness (QED) is 0.464. The fourth-order valence-corrected chi connectivity index (χ4v) is 4.29. The van der Waals surface area contributed by atoms with Crippen LogP contribution in [0, 0.1) is 6.92 Å². The van der Waals surface area contributed by atoms with Gasteiger partial charge in [0.2, 0.25) is 0 Å². The Kier molecular flexibility index (Phi) is 4.71. The Morgan fingerprint density at radius 1 is 1.16 bits per heavy atom. The molecule has 0 saturated heterocycles. The van der Waals surface area contributed by atoms with Gasteiger partial charge in [0.05, 0.1) is 22.9 Å². The number of hydrogen-bond donors (Lipinski definition) is 0. The predicted octanol–water partition coefficient (Wildman–Crippen LogP) is 3.77. The van der Waals surface area contributed by atoms with Gasteiger partial charge in [-0.1, -0.05) is 33.6 Å². The summed E-state index contributed by atoms with van der Waals surface area (Å²) in [5.41, 5.74) is 1.72. The molecule has 1 heterocycles. The van der Waals surface area contributed by atoms with Crippen LogP contribution in [-0.2, 0) is 10.0 Å². The number of ketones is 1. The Morgan fingerprint density at radius 2 is 1.84 bits per heavy atom. The zero-order chi connectivity index (χ0) is 18.2. The Morgan fingerprint density at radius 3 is 2.44 bits per heavy atom. The standard InChI is InChI=1S/C18H16BrNO4S/c1-12-3-6-14(7-4-12)25(22,23)20-11-16(18(21)10-19)15-8-5-13(24-2)9-17(15)20/h3-9,11H,10H2,1-2H3. The third-order valence-electron chi connectivity index (χ3n) is 3.98. The highest BCUT2D eigenvalue weighted by Crippen LogP contribution is 2.29. The molecule has 3 aromatic rings. The molecule has 5 nitrogen and oxygen atoms in total. The van der Waals surface area contributed by atoms with Crippen molar-refractivity contribution in [3.63, 3.8) is 0 Å². The van der Waals surface area contributed by atoms with E-state index < -0.39 is 10.0 Å². The van der Waals surface area contributed by atoms with Crippen molar-refractivity contribution in [1.82, 2.24) is 3.97 Å². The number of hydrogen-bond acceptors (Lipinski definition) is 4. The van der Waals surface area contributed by atoms with Crippen molar-refractivity contribution in [2.24, 2.45) is 0 Å². The van der Waals surface area contributed by atoms with Gasteiger partial charge in [0.25, 0.3) is 10.0 Å². The smallest absolute Gasteiger partial charge is 0.268 e. The molecule has 0 aliphatic heterocycles. The van der Waals surface area contributed by atoms with Gasteiger partial charge >= 0.3 is 0 Å². The molecule has 0 aliphatic carbocycles. The van der Waals surface area contributed by atoms with E-state index in [4.69, 9.17) is 4.74 Å². The third-order valence-corrected chi connectivity index (χ3v) is 6.18. The van der Waals surface area contributed by atoms with Crippen LogP contribution in [0.15, 0.2) is 53.6 Å². The zero-order valence-corrected chi connectivity index (χ0v) is 16.1. The first-order chi connectivity index (χ1) is 11.9. The van der Waals surface area contributed by atoms with Crippen molar-refractivity contribution >= 4 is 42.6 Å². The first-order valence-electron chi connectivity index (χ1n) is 7.49. The molecule has 130 valence electrons. The second-order valence-electron chi connectivity index (χ2n) is 5.60. The second-order valence-corrected chi connectivity index (χ2v) is 7.97. The Balaban J connectivity index is 2.30. The maximum atomic E-state index is 13.1. The van der Waals surface area contributed by atoms with Gasteiger partial charge in [-0.3, -0.25) is 4.79 Å². The Bertz CT molecular complexity index is 1050. The molecule has 0 spiro atoms. The molecular formula is C18H16BrNO4S. The summed E-state index contributed by atoms with van der Waals surface area (Å²) in [5, 5.41) is 0.684. The van der Waals surface area contributed by atoms with Crippen molar-refractivity contribution in [2.75, 3.05) is 12.4 Å². The lowest BCUT2D eigenvalue weighted by Crippen LogP contribution is -2.12. The van der Waals surface area contributed by atoms with Crippen LogP contribution in [0.5, 0.6) is 5.75 Å². The summed E-state index contributed by atoms with van der Waals surface area (Å²) in [6.45, 7) is 1.89. The summed E-state index contributed by atoms with van der Waals surface area (Å²) in [6.07, 6.45) is 1.38. The molecule has 0 N–H and O–H groups in total. The normalized spacial score (nSPS) is 11.6. The molecular weight excluding hydrogens is 406 g/mol. The molecule has 25 heavy (non-hydrogen) atoms. The fraction of sp³-hybridized carbons (Fsp3) is 0.167. The molecule has 0 saturated carbocycles. The SMILES string of the molecule is COc1ccc2c(C(=O)CBr)cn(S(=O)(=O)c3ccc(C)cc3)c2c1. The maximum absolute atomic E-state index is 13.1. The summed E-state index contributed by atoms with van der Waals surface area (Å²) in [6, 6.07) is 11.6. The molecule has 0 amide bonds. The van der Waals surface area contributed by atoms with Crippen LogP contribution in [-0.4, -0.2) is 30.6 Å². The number of carbonyl (C=O) groups excluding carboxylic acids is 1. The predicted molar refractivity (Wildman–Crippen MR) is 100 cm³/mol. The largest absolute Gasteiger partial charge is 0.497 e. The number of halogens is 1. The number of benzene rings is 2. The monoisotopic (exact) mass is 421 g/mol. The van der Waals surface area contributed by atoms with Crippen LogP contribution in [0.25, 0.3) is 10.9 Å². The molecule has 1 aromatic heterocycles. The van der Waals surface area contributed by atoms with Gasteiger partial charge in [0.15, 0.2) is 5.78 Å². The average Bonchev–Trinajstić information content (AvgIpc) is 3.00. The highest BCUT2D eigenvalue weighted by molar-refractivity contribution is 9.09. The van der Waals surface area contributed by atoms with E-state index in [-0.39, 0.29) is 16.0 Å². The summed E-state index contributed by atoms with van der Waals surface area (Å²) < 4.78 is 32.5. The molecule has 0 fully saturated rings. The first kappa shape index (κ1) is 17.7. The van der Waals surface area contributed by atoms with Gasteiger partial charge in [0, 0.05) is 23.2 Å². The minimum Gasteiger partial charge on any atom is -0.497 e. The summed E-state index contributed by atoms with van der Waals surface area (Å²) in [4.78, 5) is 12.4. The van der Waals surface area contributed by atoms with Crippen molar-refractivity contribution in [3.8, 4) is 5.75 Å². The topological polar surface area (TPSA) is 65.4 Å². The lowest BCUT2D eigenvalue weighted by molar-refractivity contribution is 0.102. The van der Waals surface area contributed by atoms with Gasteiger partial charge in [0.1, 0.15) is 5.75 Å². The van der Waals surface area contributed by atoms with E-state index in [0.717, 1.165) is 9.54 Å². The lowest BCUT2D eigenvalue weighted by Gasteiger charge is -2.08. The highest BCUT2D eigenvalue weighted by atomic mass is 79.9. The number of Topliss-reactive ketones (excluding diaryl/α,β-unsaturated/α-hetero) is 1. The van der Waals surface area contributed by atoms with E-state index in [9.17, 15) is 13.2 Å². The number of rotatable bonds is 5. The van der Waals surface area contributed by atoms with Crippen LogP contribution < -0.4 is 4.74 Å². The van der Waals surface area contributed by atoms with Crippen molar-refractivity contribution in [3.05, 3.63) is 59.8 Å². The maximum Gasteiger partial charge on any atom is 0.268 e. The molecule has 0 radical (unpaired) electrons. The van der Waals surface area contributed by atoms with Crippen LogP contribution >= 0.6 is 15.9 Å². The number of methoxy groups -OCH3 is 1. The summed E-state index contributed by atoms with van der Waals surface area (Å²) >= 11 is 3.15. The first-order valence-corrected chi connectivity index (χ1v) is 10.0. The van der Waals surface area contributed by atoms with Gasteiger partial charge in [-0.15, -0.1) is 0 Å². The number of ether oxygens (including phenoxy) is 1. The average molecular weight is 422 g/mol. The Labute approximate surface area is 154 Å². The van der Waals surface area contributed by atoms with Gasteiger partial charge in [-0.2, -0.15) is 0 Å². The highest BCUT2D eigenvalue weighted by Gasteiger charge is 2.23. The third kappa shape index (κ3) is 3.09. The molecule has 3 rings (SSSR count).